The number of benzene rings is 1. The minimum atomic E-state index is 0.119. The molecule has 1 aromatic heterocycles. The second kappa shape index (κ2) is 6.98. The van der Waals surface area contributed by atoms with E-state index in [0.717, 1.165) is 55.0 Å². The molecular weight excluding hydrogens is 322 g/mol. The van der Waals surface area contributed by atoms with Crippen LogP contribution in [-0.2, 0) is 6.42 Å². The molecule has 0 aliphatic carbocycles. The number of hydrogen-bond donors (Lipinski definition) is 0. The molecule has 4 nitrogen and oxygen atoms in total. The van der Waals surface area contributed by atoms with Crippen LogP contribution in [0.15, 0.2) is 24.3 Å². The van der Waals surface area contributed by atoms with Gasteiger partial charge in [0.15, 0.2) is 0 Å². The monoisotopic (exact) mass is 345 g/mol. The molecule has 0 unspecified atom stereocenters. The van der Waals surface area contributed by atoms with Crippen molar-refractivity contribution in [3.05, 3.63) is 46.2 Å². The van der Waals surface area contributed by atoms with Crippen LogP contribution < -0.4 is 0 Å². The molecule has 5 heteroatoms. The number of nitrogens with zero attached hydrogens (tertiary/aromatic N) is 3. The molecule has 1 aromatic carbocycles. The maximum absolute atomic E-state index is 13.0. The zero-order valence-electron chi connectivity index (χ0n) is 14.6. The van der Waals surface area contributed by atoms with Gasteiger partial charge in [-0.3, -0.25) is 4.79 Å². The van der Waals surface area contributed by atoms with Crippen molar-refractivity contribution in [1.29, 1.82) is 0 Å². The smallest absolute Gasteiger partial charge is 0.257 e. The van der Waals surface area contributed by atoms with Crippen LogP contribution in [0.4, 0.5) is 0 Å². The number of carbonyl (C=O) groups excluding carboxylic acids is 1. The Labute approximate surface area is 148 Å². The Hall–Kier alpha value is -1.81. The topological polar surface area (TPSA) is 38.1 Å². The van der Waals surface area contributed by atoms with Crippen molar-refractivity contribution in [2.75, 3.05) is 13.1 Å². The van der Waals surface area contributed by atoms with Gasteiger partial charge in [-0.05, 0) is 50.3 Å². The third-order valence-corrected chi connectivity index (χ3v) is 4.69. The number of rotatable bonds is 4. The number of carbonyl (C=O) groups is 1. The van der Waals surface area contributed by atoms with Gasteiger partial charge in [-0.25, -0.2) is 4.68 Å². The van der Waals surface area contributed by atoms with Crippen LogP contribution in [-0.4, -0.2) is 33.7 Å². The first-order valence-electron chi connectivity index (χ1n) is 8.61. The first-order valence-corrected chi connectivity index (χ1v) is 8.99. The van der Waals surface area contributed by atoms with E-state index in [1.54, 1.807) is 0 Å². The average Bonchev–Trinajstić information content (AvgIpc) is 3.15. The Bertz CT molecular complexity index is 745. The average molecular weight is 346 g/mol. The molecule has 0 bridgehead atoms. The molecule has 1 aliphatic rings. The summed E-state index contributed by atoms with van der Waals surface area (Å²) in [6.45, 7) is 7.97. The van der Waals surface area contributed by atoms with E-state index in [1.165, 1.54) is 0 Å². The first kappa shape index (κ1) is 17.0. The molecule has 0 N–H and O–H groups in total. The number of hydrogen-bond acceptors (Lipinski definition) is 2. The lowest BCUT2D eigenvalue weighted by atomic mass is 10.0. The molecule has 3 rings (SSSR count). The summed E-state index contributed by atoms with van der Waals surface area (Å²) in [5.41, 5.74) is 3.44. The molecule has 1 fully saturated rings. The largest absolute Gasteiger partial charge is 0.339 e. The van der Waals surface area contributed by atoms with Crippen LogP contribution in [0.5, 0.6) is 0 Å². The fourth-order valence-corrected chi connectivity index (χ4v) is 3.49. The van der Waals surface area contributed by atoms with Gasteiger partial charge in [-0.1, -0.05) is 31.5 Å². The SMILES string of the molecule is Cc1c(C(=O)N2CCCC2)c(CC(C)C)nn1-c1cccc(Cl)c1. The Kier molecular flexibility index (Phi) is 4.95. The number of amides is 1. The summed E-state index contributed by atoms with van der Waals surface area (Å²) in [6.07, 6.45) is 2.97. The van der Waals surface area contributed by atoms with Crippen LogP contribution >= 0.6 is 11.6 Å². The summed E-state index contributed by atoms with van der Waals surface area (Å²) in [4.78, 5) is 15.0. The van der Waals surface area contributed by atoms with Gasteiger partial charge in [-0.15, -0.1) is 0 Å². The zero-order valence-corrected chi connectivity index (χ0v) is 15.3. The van der Waals surface area contributed by atoms with E-state index in [4.69, 9.17) is 16.7 Å². The minimum absolute atomic E-state index is 0.119. The van der Waals surface area contributed by atoms with Crippen molar-refractivity contribution in [3.8, 4) is 5.69 Å². The van der Waals surface area contributed by atoms with E-state index in [-0.39, 0.29) is 5.91 Å². The lowest BCUT2D eigenvalue weighted by Gasteiger charge is -2.16. The van der Waals surface area contributed by atoms with Crippen LogP contribution in [0.1, 0.15) is 48.4 Å². The molecule has 2 heterocycles. The third-order valence-electron chi connectivity index (χ3n) is 4.45. The lowest BCUT2D eigenvalue weighted by molar-refractivity contribution is 0.0791. The highest BCUT2D eigenvalue weighted by molar-refractivity contribution is 6.30. The molecule has 24 heavy (non-hydrogen) atoms. The molecule has 128 valence electrons. The van der Waals surface area contributed by atoms with E-state index in [1.807, 2.05) is 40.8 Å². The second-order valence-corrected chi connectivity index (χ2v) is 7.33. The Morgan fingerprint density at radius 2 is 2.00 bits per heavy atom. The highest BCUT2D eigenvalue weighted by Gasteiger charge is 2.27. The standard InChI is InChI=1S/C19H24ClN3O/c1-13(2)11-17-18(19(24)22-9-4-5-10-22)14(3)23(21-17)16-8-6-7-15(20)12-16/h6-8,12-13H,4-5,9-11H2,1-3H3. The van der Waals surface area contributed by atoms with Gasteiger partial charge in [0.2, 0.25) is 0 Å². The fraction of sp³-hybridized carbons (Fsp3) is 0.474. The van der Waals surface area contributed by atoms with Crippen molar-refractivity contribution < 1.29 is 4.79 Å². The van der Waals surface area contributed by atoms with Crippen molar-refractivity contribution in [2.24, 2.45) is 5.92 Å². The number of likely N-dealkylation sites (tertiary alicyclic amines) is 1. The lowest BCUT2D eigenvalue weighted by Crippen LogP contribution is -2.29. The van der Waals surface area contributed by atoms with E-state index in [0.29, 0.717) is 10.9 Å². The molecule has 0 radical (unpaired) electrons. The highest BCUT2D eigenvalue weighted by atomic mass is 35.5. The van der Waals surface area contributed by atoms with Crippen LogP contribution in [0.2, 0.25) is 5.02 Å². The summed E-state index contributed by atoms with van der Waals surface area (Å²) in [5, 5.41) is 5.43. The molecule has 1 aliphatic heterocycles. The quantitative estimate of drug-likeness (QED) is 0.830. The maximum atomic E-state index is 13.0. The van der Waals surface area contributed by atoms with Crippen LogP contribution in [0.25, 0.3) is 5.69 Å². The maximum Gasteiger partial charge on any atom is 0.257 e. The molecule has 2 aromatic rings. The van der Waals surface area contributed by atoms with Gasteiger partial charge in [0.25, 0.3) is 5.91 Å². The zero-order chi connectivity index (χ0) is 17.3. The van der Waals surface area contributed by atoms with Gasteiger partial charge in [-0.2, -0.15) is 5.10 Å². The van der Waals surface area contributed by atoms with Crippen LogP contribution in [0.3, 0.4) is 0 Å². The summed E-state index contributed by atoms with van der Waals surface area (Å²) in [5.74, 6) is 0.561. The molecule has 0 spiro atoms. The molecule has 0 saturated carbocycles. The predicted octanol–water partition coefficient (Wildman–Crippen LogP) is 4.27. The predicted molar refractivity (Wildman–Crippen MR) is 97.0 cm³/mol. The molecular formula is C19H24ClN3O. The van der Waals surface area contributed by atoms with Gasteiger partial charge in [0.1, 0.15) is 0 Å². The molecule has 0 atom stereocenters. The van der Waals surface area contributed by atoms with Crippen molar-refractivity contribution in [2.45, 2.75) is 40.0 Å². The number of halogens is 1. The van der Waals surface area contributed by atoms with Crippen LogP contribution in [0, 0.1) is 12.8 Å². The Balaban J connectivity index is 2.07. The van der Waals surface area contributed by atoms with Gasteiger partial charge in [0, 0.05) is 18.1 Å². The second-order valence-electron chi connectivity index (χ2n) is 6.90. The first-order chi connectivity index (χ1) is 11.5. The van der Waals surface area contributed by atoms with Crippen molar-refractivity contribution in [3.63, 3.8) is 0 Å². The summed E-state index contributed by atoms with van der Waals surface area (Å²) >= 11 is 6.13. The highest BCUT2D eigenvalue weighted by Crippen LogP contribution is 2.25. The summed E-state index contributed by atoms with van der Waals surface area (Å²) in [6, 6.07) is 7.60. The molecule has 1 amide bonds. The fourth-order valence-electron chi connectivity index (χ4n) is 3.31. The van der Waals surface area contributed by atoms with E-state index in [9.17, 15) is 4.79 Å². The summed E-state index contributed by atoms with van der Waals surface area (Å²) in [7, 11) is 0. The minimum Gasteiger partial charge on any atom is -0.339 e. The van der Waals surface area contributed by atoms with Gasteiger partial charge in [0.05, 0.1) is 22.6 Å². The van der Waals surface area contributed by atoms with E-state index in [2.05, 4.69) is 13.8 Å². The van der Waals surface area contributed by atoms with Crippen molar-refractivity contribution >= 4 is 17.5 Å². The Morgan fingerprint density at radius 1 is 1.29 bits per heavy atom. The van der Waals surface area contributed by atoms with Crippen molar-refractivity contribution in [1.82, 2.24) is 14.7 Å². The van der Waals surface area contributed by atoms with Gasteiger partial charge >= 0.3 is 0 Å². The van der Waals surface area contributed by atoms with E-state index < -0.39 is 0 Å². The van der Waals surface area contributed by atoms with Gasteiger partial charge < -0.3 is 4.90 Å². The normalized spacial score (nSPS) is 14.6. The van der Waals surface area contributed by atoms with E-state index >= 15 is 0 Å². The number of aromatic nitrogens is 2. The summed E-state index contributed by atoms with van der Waals surface area (Å²) < 4.78 is 1.85. The Morgan fingerprint density at radius 3 is 2.62 bits per heavy atom. The molecule has 1 saturated heterocycles. The third kappa shape index (κ3) is 3.34.